The van der Waals surface area contributed by atoms with Crippen molar-refractivity contribution < 1.29 is 4.74 Å². The Bertz CT molecular complexity index is 147. The van der Waals surface area contributed by atoms with Crippen LogP contribution in [-0.4, -0.2) is 25.3 Å². The lowest BCUT2D eigenvalue weighted by Crippen LogP contribution is -2.35. The van der Waals surface area contributed by atoms with Gasteiger partial charge in [-0.3, -0.25) is 0 Å². The third kappa shape index (κ3) is 0.635. The third-order valence-corrected chi connectivity index (χ3v) is 2.18. The number of hydrogen-bond acceptors (Lipinski definition) is 2. The van der Waals surface area contributed by atoms with Gasteiger partial charge >= 0.3 is 0 Å². The van der Waals surface area contributed by atoms with Crippen molar-refractivity contribution in [3.8, 4) is 0 Å². The van der Waals surface area contributed by atoms with Crippen LogP contribution in [0.25, 0.3) is 0 Å². The second kappa shape index (κ2) is 1.58. The van der Waals surface area contributed by atoms with Crippen molar-refractivity contribution in [3.63, 3.8) is 0 Å². The maximum Gasteiger partial charge on any atom is 0.0837 e. The van der Waals surface area contributed by atoms with E-state index in [1.165, 1.54) is 0 Å². The van der Waals surface area contributed by atoms with Crippen LogP contribution in [0.5, 0.6) is 0 Å². The molecule has 2 aliphatic rings. The highest BCUT2D eigenvalue weighted by molar-refractivity contribution is 5.38. The van der Waals surface area contributed by atoms with Crippen molar-refractivity contribution in [2.45, 2.75) is 18.1 Å². The number of nitrogens with one attached hydrogen (secondary N) is 1. The van der Waals surface area contributed by atoms with Gasteiger partial charge in [-0.2, -0.15) is 0 Å². The summed E-state index contributed by atoms with van der Waals surface area (Å²) < 4.78 is 5.26. The van der Waals surface area contributed by atoms with Gasteiger partial charge in [-0.05, 0) is 13.0 Å². The molecular formula is C7H11NO. The summed E-state index contributed by atoms with van der Waals surface area (Å²) in [7, 11) is 1.78. The van der Waals surface area contributed by atoms with Crippen molar-refractivity contribution in [1.82, 2.24) is 5.32 Å². The van der Waals surface area contributed by atoms with E-state index in [-0.39, 0.29) is 5.54 Å². The van der Waals surface area contributed by atoms with Crippen LogP contribution < -0.4 is 5.32 Å². The van der Waals surface area contributed by atoms with Gasteiger partial charge in [0, 0.05) is 7.11 Å². The monoisotopic (exact) mass is 125 g/mol. The lowest BCUT2D eigenvalue weighted by molar-refractivity contribution is 0.0920. The van der Waals surface area contributed by atoms with Crippen LogP contribution >= 0.6 is 0 Å². The molecule has 0 radical (unpaired) electrons. The first-order valence-electron chi connectivity index (χ1n) is 3.36. The molecule has 1 unspecified atom stereocenters. The molecule has 1 spiro atoms. The molecular weight excluding hydrogens is 114 g/mol. The van der Waals surface area contributed by atoms with E-state index in [0.717, 1.165) is 13.0 Å². The minimum Gasteiger partial charge on any atom is -0.379 e. The highest BCUT2D eigenvalue weighted by Crippen LogP contribution is 2.34. The SMILES string of the molecule is COC1CCNC12C=C2. The summed E-state index contributed by atoms with van der Waals surface area (Å²) >= 11 is 0. The number of hydrogen-bond donors (Lipinski definition) is 1. The highest BCUT2D eigenvalue weighted by Gasteiger charge is 2.45. The van der Waals surface area contributed by atoms with Gasteiger partial charge in [0.15, 0.2) is 0 Å². The summed E-state index contributed by atoms with van der Waals surface area (Å²) in [5.41, 5.74) is 0.189. The molecule has 1 aliphatic carbocycles. The molecule has 2 rings (SSSR count). The van der Waals surface area contributed by atoms with Crippen LogP contribution in [-0.2, 0) is 4.74 Å². The van der Waals surface area contributed by atoms with E-state index in [4.69, 9.17) is 4.74 Å². The van der Waals surface area contributed by atoms with E-state index >= 15 is 0 Å². The molecule has 50 valence electrons. The van der Waals surface area contributed by atoms with E-state index in [1.54, 1.807) is 7.11 Å². The summed E-state index contributed by atoms with van der Waals surface area (Å²) in [4.78, 5) is 0. The molecule has 2 nitrogen and oxygen atoms in total. The van der Waals surface area contributed by atoms with Crippen LogP contribution in [0.15, 0.2) is 12.2 Å². The van der Waals surface area contributed by atoms with Crippen LogP contribution in [0.4, 0.5) is 0 Å². The first-order chi connectivity index (χ1) is 4.37. The molecule has 1 saturated heterocycles. The molecule has 0 aromatic carbocycles. The average molecular weight is 125 g/mol. The van der Waals surface area contributed by atoms with Gasteiger partial charge in [0.2, 0.25) is 0 Å². The fourth-order valence-electron chi connectivity index (χ4n) is 1.51. The Hall–Kier alpha value is -0.340. The molecule has 0 saturated carbocycles. The van der Waals surface area contributed by atoms with Crippen LogP contribution in [0.2, 0.25) is 0 Å². The van der Waals surface area contributed by atoms with E-state index in [1.807, 2.05) is 0 Å². The number of ether oxygens (including phenoxy) is 1. The summed E-state index contributed by atoms with van der Waals surface area (Å²) in [6.07, 6.45) is 5.89. The van der Waals surface area contributed by atoms with Crippen molar-refractivity contribution in [2.24, 2.45) is 0 Å². The van der Waals surface area contributed by atoms with Crippen LogP contribution in [0.1, 0.15) is 6.42 Å². The molecule has 0 amide bonds. The largest absolute Gasteiger partial charge is 0.379 e. The fraction of sp³-hybridized carbons (Fsp3) is 0.714. The molecule has 0 aromatic rings. The van der Waals surface area contributed by atoms with Gasteiger partial charge in [-0.25, -0.2) is 0 Å². The predicted molar refractivity (Wildman–Crippen MR) is 35.3 cm³/mol. The smallest absolute Gasteiger partial charge is 0.0837 e. The predicted octanol–water partition coefficient (Wildman–Crippen LogP) is 0.303. The minimum absolute atomic E-state index is 0.189. The normalized spacial score (nSPS) is 35.9. The van der Waals surface area contributed by atoms with E-state index in [2.05, 4.69) is 17.5 Å². The topological polar surface area (TPSA) is 21.3 Å². The quantitative estimate of drug-likeness (QED) is 0.509. The average Bonchev–Trinajstić information content (AvgIpc) is 2.45. The van der Waals surface area contributed by atoms with Crippen molar-refractivity contribution in [2.75, 3.05) is 13.7 Å². The lowest BCUT2D eigenvalue weighted by Gasteiger charge is -2.16. The Kier molecular flexibility index (Phi) is 0.957. The van der Waals surface area contributed by atoms with Gasteiger partial charge in [0.25, 0.3) is 0 Å². The molecule has 0 bridgehead atoms. The summed E-state index contributed by atoms with van der Waals surface area (Å²) in [5, 5.41) is 3.37. The number of rotatable bonds is 1. The molecule has 1 heterocycles. The maximum absolute atomic E-state index is 5.26. The van der Waals surface area contributed by atoms with Gasteiger partial charge < -0.3 is 10.1 Å². The highest BCUT2D eigenvalue weighted by atomic mass is 16.5. The van der Waals surface area contributed by atoms with Crippen LogP contribution in [0.3, 0.4) is 0 Å². The zero-order valence-corrected chi connectivity index (χ0v) is 5.55. The molecule has 1 N–H and O–H groups in total. The van der Waals surface area contributed by atoms with Gasteiger partial charge in [-0.15, -0.1) is 0 Å². The second-order valence-corrected chi connectivity index (χ2v) is 2.71. The zero-order chi connectivity index (χ0) is 6.32. The van der Waals surface area contributed by atoms with Crippen LogP contribution in [0, 0.1) is 0 Å². The molecule has 9 heavy (non-hydrogen) atoms. The Labute approximate surface area is 54.9 Å². The Morgan fingerprint density at radius 3 is 2.89 bits per heavy atom. The molecule has 1 aliphatic heterocycles. The van der Waals surface area contributed by atoms with E-state index in [0.29, 0.717) is 6.10 Å². The lowest BCUT2D eigenvalue weighted by atomic mass is 10.1. The van der Waals surface area contributed by atoms with Gasteiger partial charge in [0.05, 0.1) is 11.6 Å². The fourth-order valence-corrected chi connectivity index (χ4v) is 1.51. The maximum atomic E-state index is 5.26. The van der Waals surface area contributed by atoms with E-state index < -0.39 is 0 Å². The van der Waals surface area contributed by atoms with Gasteiger partial charge in [-0.1, -0.05) is 12.2 Å². The Balaban J connectivity index is 2.06. The van der Waals surface area contributed by atoms with Gasteiger partial charge in [0.1, 0.15) is 0 Å². The minimum atomic E-state index is 0.189. The standard InChI is InChI=1S/C7H11NO/c1-9-6-2-5-8-7(6)3-4-7/h3-4,6,8H,2,5H2,1H3. The third-order valence-electron chi connectivity index (χ3n) is 2.18. The Morgan fingerprint density at radius 1 is 1.67 bits per heavy atom. The first kappa shape index (κ1) is 5.45. The van der Waals surface area contributed by atoms with E-state index in [9.17, 15) is 0 Å². The zero-order valence-electron chi connectivity index (χ0n) is 5.55. The first-order valence-corrected chi connectivity index (χ1v) is 3.36. The summed E-state index contributed by atoms with van der Waals surface area (Å²) in [6, 6.07) is 0. The molecule has 1 atom stereocenters. The second-order valence-electron chi connectivity index (χ2n) is 2.71. The van der Waals surface area contributed by atoms with Crippen molar-refractivity contribution in [3.05, 3.63) is 12.2 Å². The molecule has 2 heteroatoms. The Morgan fingerprint density at radius 2 is 2.44 bits per heavy atom. The van der Waals surface area contributed by atoms with Crippen molar-refractivity contribution >= 4 is 0 Å². The summed E-state index contributed by atoms with van der Waals surface area (Å²) in [6.45, 7) is 1.09. The number of methoxy groups -OCH3 is 1. The van der Waals surface area contributed by atoms with Crippen molar-refractivity contribution in [1.29, 1.82) is 0 Å². The molecule has 0 aromatic heterocycles. The molecule has 1 fully saturated rings. The summed E-state index contributed by atoms with van der Waals surface area (Å²) in [5.74, 6) is 0.